The molecule has 2 rings (SSSR count). The maximum absolute atomic E-state index is 12.1. The van der Waals surface area contributed by atoms with Crippen molar-refractivity contribution in [3.8, 4) is 11.5 Å². The average molecular weight is 350 g/mol. The number of aromatic hydroxyl groups is 1. The van der Waals surface area contributed by atoms with Crippen LogP contribution in [0.3, 0.4) is 0 Å². The zero-order chi connectivity index (χ0) is 17.7. The first-order valence-corrected chi connectivity index (χ1v) is 7.43. The third-order valence-electron chi connectivity index (χ3n) is 3.21. The van der Waals surface area contributed by atoms with Crippen molar-refractivity contribution in [3.63, 3.8) is 0 Å². The Bertz CT molecular complexity index is 762. The third-order valence-corrected chi connectivity index (χ3v) is 3.54. The predicted octanol–water partition coefficient (Wildman–Crippen LogP) is 3.24. The van der Waals surface area contributed by atoms with Crippen LogP contribution >= 0.6 is 11.6 Å². The number of rotatable bonds is 5. The Hall–Kier alpha value is -2.73. The van der Waals surface area contributed by atoms with E-state index in [1.165, 1.54) is 32.2 Å². The van der Waals surface area contributed by atoms with E-state index in [1.54, 1.807) is 24.3 Å². The number of anilines is 1. The number of esters is 1. The zero-order valence-corrected chi connectivity index (χ0v) is 13.8. The molecule has 0 unspecified atom stereocenters. The van der Waals surface area contributed by atoms with Crippen molar-refractivity contribution in [2.45, 2.75) is 13.0 Å². The number of halogens is 1. The third kappa shape index (κ3) is 4.17. The number of para-hydroxylation sites is 1. The van der Waals surface area contributed by atoms with Crippen molar-refractivity contribution in [2.75, 3.05) is 12.4 Å². The van der Waals surface area contributed by atoms with Crippen molar-refractivity contribution in [1.82, 2.24) is 0 Å². The molecule has 0 radical (unpaired) electrons. The number of ether oxygens (including phenoxy) is 2. The van der Waals surface area contributed by atoms with Gasteiger partial charge in [-0.3, -0.25) is 4.79 Å². The van der Waals surface area contributed by atoms with Crippen LogP contribution in [0.1, 0.15) is 17.3 Å². The lowest BCUT2D eigenvalue weighted by Gasteiger charge is -2.14. The van der Waals surface area contributed by atoms with Crippen LogP contribution < -0.4 is 10.1 Å². The Kier molecular flexibility index (Phi) is 5.65. The quantitative estimate of drug-likeness (QED) is 0.809. The van der Waals surface area contributed by atoms with Crippen molar-refractivity contribution in [3.05, 3.63) is 53.1 Å². The molecule has 0 saturated heterocycles. The number of nitrogens with one attached hydrogen (secondary N) is 1. The Balaban J connectivity index is 2.03. The van der Waals surface area contributed by atoms with E-state index in [4.69, 9.17) is 21.1 Å². The summed E-state index contributed by atoms with van der Waals surface area (Å²) in [5.74, 6) is -1.26. The van der Waals surface area contributed by atoms with Gasteiger partial charge in [-0.2, -0.15) is 0 Å². The Labute approximate surface area is 144 Å². The summed E-state index contributed by atoms with van der Waals surface area (Å²) in [6.45, 7) is 1.42. The van der Waals surface area contributed by atoms with E-state index < -0.39 is 18.0 Å². The Morgan fingerprint density at radius 2 is 1.92 bits per heavy atom. The minimum atomic E-state index is -1.07. The minimum Gasteiger partial charge on any atom is -0.507 e. The smallest absolute Gasteiger partial charge is 0.342 e. The van der Waals surface area contributed by atoms with Gasteiger partial charge in [0, 0.05) is 6.07 Å². The van der Waals surface area contributed by atoms with E-state index in [1.807, 2.05) is 0 Å². The molecular formula is C17H16ClNO5. The molecule has 0 bridgehead atoms. The molecule has 7 heteroatoms. The lowest BCUT2D eigenvalue weighted by atomic mass is 10.2. The van der Waals surface area contributed by atoms with Crippen LogP contribution in [0.2, 0.25) is 5.02 Å². The molecule has 126 valence electrons. The Morgan fingerprint density at radius 1 is 1.21 bits per heavy atom. The number of phenols is 1. The summed E-state index contributed by atoms with van der Waals surface area (Å²) in [6.07, 6.45) is -1.07. The number of methoxy groups -OCH3 is 1. The number of benzene rings is 2. The molecule has 0 fully saturated rings. The van der Waals surface area contributed by atoms with Gasteiger partial charge in [0.2, 0.25) is 0 Å². The fourth-order valence-electron chi connectivity index (χ4n) is 1.89. The zero-order valence-electron chi connectivity index (χ0n) is 13.1. The predicted molar refractivity (Wildman–Crippen MR) is 89.6 cm³/mol. The van der Waals surface area contributed by atoms with Gasteiger partial charge in [-0.05, 0) is 31.2 Å². The molecule has 2 N–H and O–H groups in total. The summed E-state index contributed by atoms with van der Waals surface area (Å²) in [4.78, 5) is 24.2. The van der Waals surface area contributed by atoms with E-state index >= 15 is 0 Å². The van der Waals surface area contributed by atoms with Gasteiger partial charge >= 0.3 is 5.97 Å². The molecule has 1 amide bonds. The minimum absolute atomic E-state index is 0.0619. The largest absolute Gasteiger partial charge is 0.507 e. The van der Waals surface area contributed by atoms with Crippen LogP contribution in [0.5, 0.6) is 11.5 Å². The highest BCUT2D eigenvalue weighted by molar-refractivity contribution is 6.33. The molecule has 24 heavy (non-hydrogen) atoms. The summed E-state index contributed by atoms with van der Waals surface area (Å²) in [5.41, 5.74) is 0.354. The van der Waals surface area contributed by atoms with Crippen LogP contribution in [-0.4, -0.2) is 30.2 Å². The van der Waals surface area contributed by atoms with Gasteiger partial charge in [0.15, 0.2) is 6.10 Å². The summed E-state index contributed by atoms with van der Waals surface area (Å²) in [6, 6.07) is 10.8. The number of hydrogen-bond donors (Lipinski definition) is 2. The van der Waals surface area contributed by atoms with E-state index in [0.717, 1.165) is 0 Å². The van der Waals surface area contributed by atoms with Gasteiger partial charge in [-0.1, -0.05) is 23.7 Å². The first kappa shape index (κ1) is 17.6. The van der Waals surface area contributed by atoms with Gasteiger partial charge in [-0.15, -0.1) is 0 Å². The van der Waals surface area contributed by atoms with E-state index in [2.05, 4.69) is 5.32 Å². The SMILES string of the molecule is COc1ccc(C(=O)O[C@@H](C)C(=O)Nc2ccccc2Cl)c(O)c1. The monoisotopic (exact) mass is 349 g/mol. The van der Waals surface area contributed by atoms with Crippen LogP contribution in [0, 0.1) is 0 Å². The fourth-order valence-corrected chi connectivity index (χ4v) is 2.07. The number of amides is 1. The maximum Gasteiger partial charge on any atom is 0.342 e. The lowest BCUT2D eigenvalue weighted by molar-refractivity contribution is -0.123. The van der Waals surface area contributed by atoms with Crippen LogP contribution in [-0.2, 0) is 9.53 Å². The first-order valence-electron chi connectivity index (χ1n) is 7.05. The first-order chi connectivity index (χ1) is 11.4. The van der Waals surface area contributed by atoms with Crippen molar-refractivity contribution in [1.29, 1.82) is 0 Å². The molecule has 0 spiro atoms. The summed E-state index contributed by atoms with van der Waals surface area (Å²) < 4.78 is 10.0. The van der Waals surface area contributed by atoms with E-state index in [-0.39, 0.29) is 11.3 Å². The Morgan fingerprint density at radius 3 is 2.54 bits per heavy atom. The van der Waals surface area contributed by atoms with Crippen LogP contribution in [0.25, 0.3) is 0 Å². The molecule has 0 saturated carbocycles. The van der Waals surface area contributed by atoms with Crippen LogP contribution in [0.15, 0.2) is 42.5 Å². The normalized spacial score (nSPS) is 11.5. The molecule has 0 aliphatic carbocycles. The number of carbonyl (C=O) groups excluding carboxylic acids is 2. The highest BCUT2D eigenvalue weighted by Crippen LogP contribution is 2.25. The van der Waals surface area contributed by atoms with Crippen LogP contribution in [0.4, 0.5) is 5.69 Å². The maximum atomic E-state index is 12.1. The van der Waals surface area contributed by atoms with Gasteiger partial charge < -0.3 is 19.9 Å². The number of phenolic OH excluding ortho intramolecular Hbond substituents is 1. The second-order valence-corrected chi connectivity index (χ2v) is 5.31. The van der Waals surface area contributed by atoms with Crippen molar-refractivity contribution < 1.29 is 24.2 Å². The molecule has 0 aliphatic heterocycles. The van der Waals surface area contributed by atoms with Gasteiger partial charge in [0.25, 0.3) is 5.91 Å². The average Bonchev–Trinajstić information content (AvgIpc) is 2.56. The summed E-state index contributed by atoms with van der Waals surface area (Å²) in [7, 11) is 1.44. The van der Waals surface area contributed by atoms with Crippen molar-refractivity contribution >= 4 is 29.2 Å². The second-order valence-electron chi connectivity index (χ2n) is 4.90. The molecular weight excluding hydrogens is 334 g/mol. The highest BCUT2D eigenvalue weighted by atomic mass is 35.5. The molecule has 6 nitrogen and oxygen atoms in total. The van der Waals surface area contributed by atoms with Crippen molar-refractivity contribution in [2.24, 2.45) is 0 Å². The lowest BCUT2D eigenvalue weighted by Crippen LogP contribution is -2.30. The van der Waals surface area contributed by atoms with Gasteiger partial charge in [0.1, 0.15) is 17.1 Å². The second kappa shape index (κ2) is 7.70. The summed E-state index contributed by atoms with van der Waals surface area (Å²) in [5, 5.41) is 12.8. The highest BCUT2D eigenvalue weighted by Gasteiger charge is 2.21. The molecule has 0 aliphatic rings. The van der Waals surface area contributed by atoms with Gasteiger partial charge in [-0.25, -0.2) is 4.79 Å². The fraction of sp³-hybridized carbons (Fsp3) is 0.176. The molecule has 1 atom stereocenters. The van der Waals surface area contributed by atoms with Gasteiger partial charge in [0.05, 0.1) is 17.8 Å². The van der Waals surface area contributed by atoms with E-state index in [9.17, 15) is 14.7 Å². The number of hydrogen-bond acceptors (Lipinski definition) is 5. The molecule has 2 aromatic carbocycles. The molecule has 0 heterocycles. The summed E-state index contributed by atoms with van der Waals surface area (Å²) >= 11 is 5.96. The topological polar surface area (TPSA) is 84.9 Å². The molecule has 2 aromatic rings. The standard InChI is InChI=1S/C17H16ClNO5/c1-10(16(21)19-14-6-4-3-5-13(14)18)24-17(22)12-8-7-11(23-2)9-15(12)20/h3-10,20H,1-2H3,(H,19,21)/t10-/m0/s1. The molecule has 0 aromatic heterocycles. The van der Waals surface area contributed by atoms with E-state index in [0.29, 0.717) is 16.5 Å². The number of carbonyl (C=O) groups is 2.